The van der Waals surface area contributed by atoms with E-state index in [-0.39, 0.29) is 17.3 Å². The molecular weight excluding hydrogens is 376 g/mol. The Hall–Kier alpha value is -3.27. The Morgan fingerprint density at radius 2 is 1.83 bits per heavy atom. The molecule has 0 radical (unpaired) electrons. The number of rotatable bonds is 8. The van der Waals surface area contributed by atoms with Crippen molar-refractivity contribution in [1.29, 1.82) is 0 Å². The van der Waals surface area contributed by atoms with Crippen molar-refractivity contribution < 1.29 is 19.7 Å². The number of phenolic OH excluding ortho intramolecular Hbond substituents is 2. The molecule has 4 heteroatoms. The third-order valence-corrected chi connectivity index (χ3v) is 5.06. The van der Waals surface area contributed by atoms with Gasteiger partial charge in [-0.2, -0.15) is 0 Å². The van der Waals surface area contributed by atoms with E-state index in [1.165, 1.54) is 13.2 Å². The van der Waals surface area contributed by atoms with Crippen LogP contribution in [-0.2, 0) is 11.8 Å². The van der Waals surface area contributed by atoms with E-state index in [0.717, 1.165) is 5.57 Å². The Balaban J connectivity index is 2.38. The smallest absolute Gasteiger partial charge is 0.185 e. The van der Waals surface area contributed by atoms with Gasteiger partial charge < -0.3 is 14.9 Å². The van der Waals surface area contributed by atoms with E-state index in [9.17, 15) is 15.0 Å². The summed E-state index contributed by atoms with van der Waals surface area (Å²) in [4.78, 5) is 12.7. The first-order valence-electron chi connectivity index (χ1n) is 9.81. The average molecular weight is 407 g/mol. The van der Waals surface area contributed by atoms with Crippen molar-refractivity contribution in [2.24, 2.45) is 0 Å². The fraction of sp³-hybridized carbons (Fsp3) is 0.269. The number of allylic oxidation sites excluding steroid dienone is 4. The summed E-state index contributed by atoms with van der Waals surface area (Å²) < 4.78 is 5.37. The number of carbonyl (C=O) groups excluding carboxylic acids is 1. The molecule has 0 saturated heterocycles. The lowest BCUT2D eigenvalue weighted by molar-refractivity contribution is 0.104. The highest BCUT2D eigenvalue weighted by Gasteiger charge is 2.22. The highest BCUT2D eigenvalue weighted by atomic mass is 16.5. The zero-order valence-electron chi connectivity index (χ0n) is 18.3. The van der Waals surface area contributed by atoms with Gasteiger partial charge in [-0.15, -0.1) is 6.58 Å². The van der Waals surface area contributed by atoms with Crippen LogP contribution in [0.3, 0.4) is 0 Å². The van der Waals surface area contributed by atoms with Gasteiger partial charge >= 0.3 is 0 Å². The molecule has 0 aromatic heterocycles. The molecule has 158 valence electrons. The lowest BCUT2D eigenvalue weighted by atomic mass is 9.83. The number of benzene rings is 2. The third-order valence-electron chi connectivity index (χ3n) is 5.06. The molecule has 0 heterocycles. The van der Waals surface area contributed by atoms with Crippen LogP contribution < -0.4 is 4.74 Å². The van der Waals surface area contributed by atoms with E-state index in [2.05, 4.69) is 6.58 Å². The van der Waals surface area contributed by atoms with Crippen LogP contribution in [0.5, 0.6) is 17.2 Å². The van der Waals surface area contributed by atoms with Crippen molar-refractivity contribution in [1.82, 2.24) is 0 Å². The summed E-state index contributed by atoms with van der Waals surface area (Å²) in [6.07, 6.45) is 7.47. The van der Waals surface area contributed by atoms with Crippen molar-refractivity contribution in [3.8, 4) is 17.2 Å². The summed E-state index contributed by atoms with van der Waals surface area (Å²) in [6, 6.07) is 8.21. The van der Waals surface area contributed by atoms with Crippen molar-refractivity contribution in [2.45, 2.75) is 39.5 Å². The lowest BCUT2D eigenvalue weighted by Gasteiger charge is -2.23. The normalized spacial score (nSPS) is 11.4. The van der Waals surface area contributed by atoms with Crippen molar-refractivity contribution in [3.63, 3.8) is 0 Å². The molecule has 2 aromatic carbocycles. The number of hydrogen-bond donors (Lipinski definition) is 2. The third kappa shape index (κ3) is 5.41. The van der Waals surface area contributed by atoms with Crippen LogP contribution in [0.2, 0.25) is 0 Å². The Labute approximate surface area is 178 Å². The summed E-state index contributed by atoms with van der Waals surface area (Å²) in [6.45, 7) is 11.7. The fourth-order valence-corrected chi connectivity index (χ4v) is 3.00. The minimum absolute atomic E-state index is 0.114. The van der Waals surface area contributed by atoms with Gasteiger partial charge in [0.15, 0.2) is 5.78 Å². The van der Waals surface area contributed by atoms with Gasteiger partial charge in [-0.05, 0) is 62.2 Å². The van der Waals surface area contributed by atoms with Gasteiger partial charge in [0.2, 0.25) is 0 Å². The summed E-state index contributed by atoms with van der Waals surface area (Å²) in [5.74, 6) is 0.565. The van der Waals surface area contributed by atoms with Crippen LogP contribution in [0.25, 0.3) is 6.08 Å². The van der Waals surface area contributed by atoms with Gasteiger partial charge in [-0.25, -0.2) is 0 Å². The molecule has 0 bridgehead atoms. The Bertz CT molecular complexity index is 1010. The Morgan fingerprint density at radius 3 is 2.43 bits per heavy atom. The molecule has 2 N–H and O–H groups in total. The first kappa shape index (κ1) is 23.0. The molecular formula is C26H30O4. The van der Waals surface area contributed by atoms with Gasteiger partial charge in [0.05, 0.1) is 7.11 Å². The second kappa shape index (κ2) is 9.49. The molecule has 0 unspecified atom stereocenters. The zero-order chi connectivity index (χ0) is 22.5. The minimum atomic E-state index is -0.445. The Kier molecular flexibility index (Phi) is 7.28. The number of ketones is 1. The number of phenols is 2. The summed E-state index contributed by atoms with van der Waals surface area (Å²) in [7, 11) is 1.52. The molecule has 0 aliphatic rings. The highest BCUT2D eigenvalue weighted by Crippen LogP contribution is 2.37. The molecule has 2 rings (SSSR count). The quantitative estimate of drug-likeness (QED) is 0.322. The molecule has 0 spiro atoms. The van der Waals surface area contributed by atoms with Gasteiger partial charge in [0, 0.05) is 28.2 Å². The van der Waals surface area contributed by atoms with Gasteiger partial charge in [0.1, 0.15) is 17.2 Å². The van der Waals surface area contributed by atoms with Crippen LogP contribution in [0.1, 0.15) is 54.7 Å². The van der Waals surface area contributed by atoms with Crippen LogP contribution in [-0.4, -0.2) is 23.1 Å². The van der Waals surface area contributed by atoms with Crippen LogP contribution in [0, 0.1) is 0 Å². The molecule has 0 aliphatic heterocycles. The summed E-state index contributed by atoms with van der Waals surface area (Å²) in [5.41, 5.74) is 3.26. The molecule has 0 fully saturated rings. The maximum Gasteiger partial charge on any atom is 0.185 e. The van der Waals surface area contributed by atoms with E-state index in [0.29, 0.717) is 34.4 Å². The highest BCUT2D eigenvalue weighted by molar-refractivity contribution is 6.07. The number of methoxy groups -OCH3 is 1. The van der Waals surface area contributed by atoms with Gasteiger partial charge in [-0.3, -0.25) is 4.79 Å². The lowest BCUT2D eigenvalue weighted by Crippen LogP contribution is -2.13. The maximum absolute atomic E-state index is 12.7. The topological polar surface area (TPSA) is 66.8 Å². The minimum Gasteiger partial charge on any atom is -0.508 e. The second-order valence-electron chi connectivity index (χ2n) is 8.06. The van der Waals surface area contributed by atoms with E-state index < -0.39 is 5.41 Å². The maximum atomic E-state index is 12.7. The number of hydrogen-bond acceptors (Lipinski definition) is 4. The fourth-order valence-electron chi connectivity index (χ4n) is 3.00. The number of ether oxygens (including phenoxy) is 1. The monoisotopic (exact) mass is 406 g/mol. The molecule has 0 amide bonds. The van der Waals surface area contributed by atoms with Crippen LogP contribution >= 0.6 is 0 Å². The van der Waals surface area contributed by atoms with E-state index in [1.807, 2.05) is 33.8 Å². The predicted octanol–water partition coefficient (Wildman–Crippen LogP) is 5.97. The largest absolute Gasteiger partial charge is 0.508 e. The van der Waals surface area contributed by atoms with E-state index in [1.54, 1.807) is 42.5 Å². The van der Waals surface area contributed by atoms with E-state index in [4.69, 9.17) is 4.74 Å². The molecule has 2 aromatic rings. The second-order valence-corrected chi connectivity index (χ2v) is 8.06. The first-order chi connectivity index (χ1) is 14.1. The van der Waals surface area contributed by atoms with Crippen molar-refractivity contribution in [2.75, 3.05) is 7.11 Å². The van der Waals surface area contributed by atoms with Crippen LogP contribution in [0.15, 0.2) is 60.7 Å². The average Bonchev–Trinajstić information content (AvgIpc) is 2.71. The van der Waals surface area contributed by atoms with E-state index >= 15 is 0 Å². The predicted molar refractivity (Wildman–Crippen MR) is 122 cm³/mol. The molecule has 0 saturated carbocycles. The molecule has 4 nitrogen and oxygen atoms in total. The van der Waals surface area contributed by atoms with Gasteiger partial charge in [-0.1, -0.05) is 31.6 Å². The summed E-state index contributed by atoms with van der Waals surface area (Å²) in [5, 5.41) is 20.4. The molecule has 30 heavy (non-hydrogen) atoms. The van der Waals surface area contributed by atoms with Gasteiger partial charge in [0.25, 0.3) is 0 Å². The molecule has 0 atom stereocenters. The van der Waals surface area contributed by atoms with Crippen molar-refractivity contribution >= 4 is 11.9 Å². The standard InChI is InChI=1S/C26H30O4/c1-7-26(4,5)21-15-20(25(30-6)16-24(21)29)11-13-23(28)19-10-12-22(27)18(14-19)9-8-17(2)3/h7-8,10-16,27,29H,1,9H2,2-6H3/b13-11+. The zero-order valence-corrected chi connectivity index (χ0v) is 18.3. The van der Waals surface area contributed by atoms with Crippen LogP contribution in [0.4, 0.5) is 0 Å². The summed E-state index contributed by atoms with van der Waals surface area (Å²) >= 11 is 0. The van der Waals surface area contributed by atoms with Crippen molar-refractivity contribution in [3.05, 3.63) is 83.0 Å². The molecule has 0 aliphatic carbocycles. The number of aromatic hydroxyl groups is 2. The SMILES string of the molecule is C=CC(C)(C)c1cc(/C=C/C(=O)c2ccc(O)c(CC=C(C)C)c2)c(OC)cc1O. The first-order valence-corrected chi connectivity index (χ1v) is 9.81. The number of carbonyl (C=O) groups is 1. The Morgan fingerprint density at radius 1 is 1.13 bits per heavy atom.